The number of nitrogens with one attached hydrogen (secondary N) is 2. The summed E-state index contributed by atoms with van der Waals surface area (Å²) in [6.45, 7) is 2.36. The largest absolute Gasteiger partial charge is 0.351 e. The predicted octanol–water partition coefficient (Wildman–Crippen LogP) is 0.904. The smallest absolute Gasteiger partial charge is 0.237 e. The number of hydrogen-bond acceptors (Lipinski definition) is 3. The van der Waals surface area contributed by atoms with Gasteiger partial charge in [0, 0.05) is 17.8 Å². The molecule has 1 atom stereocenters. The third-order valence-corrected chi connectivity index (χ3v) is 3.02. The second-order valence-corrected chi connectivity index (χ2v) is 4.53. The second kappa shape index (κ2) is 6.15. The molecule has 0 aliphatic rings. The van der Waals surface area contributed by atoms with E-state index in [-0.39, 0.29) is 5.91 Å². The molecule has 4 N–H and O–H groups in total. The molecule has 1 aromatic heterocycles. The summed E-state index contributed by atoms with van der Waals surface area (Å²) in [4.78, 5) is 11.9. The highest BCUT2D eigenvalue weighted by molar-refractivity contribution is 5.81. The maximum absolute atomic E-state index is 11.9. The molecule has 5 heteroatoms. The Bertz CT molecular complexity index is 535. The highest BCUT2D eigenvalue weighted by atomic mass is 16.2. The van der Waals surface area contributed by atoms with Crippen molar-refractivity contribution in [2.24, 2.45) is 5.73 Å². The van der Waals surface area contributed by atoms with Crippen LogP contribution in [-0.2, 0) is 17.8 Å². The van der Waals surface area contributed by atoms with Crippen LogP contribution in [0.2, 0.25) is 0 Å². The highest BCUT2D eigenvalue weighted by Gasteiger charge is 2.14. The zero-order chi connectivity index (χ0) is 13.7. The van der Waals surface area contributed by atoms with Crippen LogP contribution in [0.25, 0.3) is 0 Å². The SMILES string of the molecule is Cc1[nH]ncc1CNC(=O)C(N)Cc1ccccc1. The average molecular weight is 258 g/mol. The van der Waals surface area contributed by atoms with Gasteiger partial charge in [0.15, 0.2) is 0 Å². The fourth-order valence-corrected chi connectivity index (χ4v) is 1.83. The van der Waals surface area contributed by atoms with E-state index in [1.165, 1.54) is 0 Å². The summed E-state index contributed by atoms with van der Waals surface area (Å²) in [5.74, 6) is -0.149. The molecular formula is C14H18N4O. The zero-order valence-corrected chi connectivity index (χ0v) is 10.9. The molecule has 0 radical (unpaired) electrons. The van der Waals surface area contributed by atoms with Crippen LogP contribution in [0.15, 0.2) is 36.5 Å². The van der Waals surface area contributed by atoms with Crippen molar-refractivity contribution < 1.29 is 4.79 Å². The normalized spacial score (nSPS) is 12.1. The van der Waals surface area contributed by atoms with Crippen molar-refractivity contribution >= 4 is 5.91 Å². The van der Waals surface area contributed by atoms with E-state index in [9.17, 15) is 4.79 Å². The third kappa shape index (κ3) is 3.66. The molecule has 0 saturated carbocycles. The molecule has 1 aromatic carbocycles. The van der Waals surface area contributed by atoms with Crippen LogP contribution in [0.4, 0.5) is 0 Å². The lowest BCUT2D eigenvalue weighted by atomic mass is 10.1. The lowest BCUT2D eigenvalue weighted by molar-refractivity contribution is -0.122. The third-order valence-electron chi connectivity index (χ3n) is 3.02. The van der Waals surface area contributed by atoms with Gasteiger partial charge < -0.3 is 11.1 Å². The quantitative estimate of drug-likeness (QED) is 0.745. The minimum atomic E-state index is -0.533. The molecule has 100 valence electrons. The van der Waals surface area contributed by atoms with E-state index in [0.717, 1.165) is 16.8 Å². The van der Waals surface area contributed by atoms with Crippen LogP contribution < -0.4 is 11.1 Å². The van der Waals surface area contributed by atoms with Crippen LogP contribution in [-0.4, -0.2) is 22.1 Å². The number of aromatic amines is 1. The number of carbonyl (C=O) groups is 1. The van der Waals surface area contributed by atoms with Crippen molar-refractivity contribution in [3.8, 4) is 0 Å². The van der Waals surface area contributed by atoms with Gasteiger partial charge in [0.05, 0.1) is 12.2 Å². The average Bonchev–Trinajstić information content (AvgIpc) is 2.82. The maximum atomic E-state index is 11.9. The van der Waals surface area contributed by atoms with E-state index in [1.54, 1.807) is 6.20 Å². The van der Waals surface area contributed by atoms with Crippen molar-refractivity contribution in [2.45, 2.75) is 25.9 Å². The lowest BCUT2D eigenvalue weighted by Gasteiger charge is -2.12. The van der Waals surface area contributed by atoms with Gasteiger partial charge >= 0.3 is 0 Å². The van der Waals surface area contributed by atoms with E-state index < -0.39 is 6.04 Å². The van der Waals surface area contributed by atoms with Gasteiger partial charge in [-0.15, -0.1) is 0 Å². The van der Waals surface area contributed by atoms with Crippen molar-refractivity contribution in [3.05, 3.63) is 53.3 Å². The number of aromatic nitrogens is 2. The van der Waals surface area contributed by atoms with E-state index in [0.29, 0.717) is 13.0 Å². The van der Waals surface area contributed by atoms with Gasteiger partial charge in [0.1, 0.15) is 0 Å². The van der Waals surface area contributed by atoms with Crippen molar-refractivity contribution in [2.75, 3.05) is 0 Å². The summed E-state index contributed by atoms with van der Waals surface area (Å²) >= 11 is 0. The first-order chi connectivity index (χ1) is 9.16. The molecule has 2 aromatic rings. The molecular weight excluding hydrogens is 240 g/mol. The Morgan fingerprint density at radius 3 is 2.79 bits per heavy atom. The summed E-state index contributed by atoms with van der Waals surface area (Å²) in [5.41, 5.74) is 8.88. The Labute approximate surface area is 112 Å². The standard InChI is InChI=1S/C14H18N4O/c1-10-12(9-17-18-10)8-16-14(19)13(15)7-11-5-3-2-4-6-11/h2-6,9,13H,7-8,15H2,1H3,(H,16,19)(H,17,18). The number of H-pyrrole nitrogens is 1. The summed E-state index contributed by atoms with van der Waals surface area (Å²) in [6, 6.07) is 9.22. The molecule has 0 aliphatic heterocycles. The molecule has 1 heterocycles. The minimum Gasteiger partial charge on any atom is -0.351 e. The summed E-state index contributed by atoms with van der Waals surface area (Å²) in [5, 5.41) is 9.56. The van der Waals surface area contributed by atoms with Gasteiger partial charge in [0.2, 0.25) is 5.91 Å². The Morgan fingerprint density at radius 2 is 2.16 bits per heavy atom. The van der Waals surface area contributed by atoms with Gasteiger partial charge in [0.25, 0.3) is 0 Å². The second-order valence-electron chi connectivity index (χ2n) is 4.53. The molecule has 5 nitrogen and oxygen atoms in total. The molecule has 2 rings (SSSR count). The Morgan fingerprint density at radius 1 is 1.42 bits per heavy atom. The summed E-state index contributed by atoms with van der Waals surface area (Å²) < 4.78 is 0. The fraction of sp³-hybridized carbons (Fsp3) is 0.286. The van der Waals surface area contributed by atoms with Gasteiger partial charge in [-0.25, -0.2) is 0 Å². The molecule has 19 heavy (non-hydrogen) atoms. The number of carbonyl (C=O) groups excluding carboxylic acids is 1. The fourth-order valence-electron chi connectivity index (χ4n) is 1.83. The summed E-state index contributed by atoms with van der Waals surface area (Å²) in [6.07, 6.45) is 2.25. The van der Waals surface area contributed by atoms with E-state index >= 15 is 0 Å². The lowest BCUT2D eigenvalue weighted by Crippen LogP contribution is -2.41. The van der Waals surface area contributed by atoms with E-state index in [4.69, 9.17) is 5.73 Å². The van der Waals surface area contributed by atoms with E-state index in [2.05, 4.69) is 15.5 Å². The van der Waals surface area contributed by atoms with Gasteiger partial charge in [-0.05, 0) is 18.9 Å². The van der Waals surface area contributed by atoms with Crippen LogP contribution in [0, 0.1) is 6.92 Å². The molecule has 0 spiro atoms. The number of benzene rings is 1. The molecule has 0 bridgehead atoms. The molecule has 1 amide bonds. The summed E-state index contributed by atoms with van der Waals surface area (Å²) in [7, 11) is 0. The molecule has 1 unspecified atom stereocenters. The first-order valence-corrected chi connectivity index (χ1v) is 6.23. The van der Waals surface area contributed by atoms with Crippen LogP contribution in [0.1, 0.15) is 16.8 Å². The van der Waals surface area contributed by atoms with Crippen molar-refractivity contribution in [1.82, 2.24) is 15.5 Å². The zero-order valence-electron chi connectivity index (χ0n) is 10.9. The van der Waals surface area contributed by atoms with Gasteiger partial charge in [-0.3, -0.25) is 9.89 Å². The topological polar surface area (TPSA) is 83.8 Å². The van der Waals surface area contributed by atoms with Crippen molar-refractivity contribution in [3.63, 3.8) is 0 Å². The highest BCUT2D eigenvalue weighted by Crippen LogP contribution is 2.04. The minimum absolute atomic E-state index is 0.149. The maximum Gasteiger partial charge on any atom is 0.237 e. The monoisotopic (exact) mass is 258 g/mol. The van der Waals surface area contributed by atoms with Crippen molar-refractivity contribution in [1.29, 1.82) is 0 Å². The molecule has 0 aliphatic carbocycles. The number of nitrogens with two attached hydrogens (primary N) is 1. The molecule has 0 saturated heterocycles. The molecule has 0 fully saturated rings. The van der Waals surface area contributed by atoms with Crippen LogP contribution >= 0.6 is 0 Å². The number of nitrogens with zero attached hydrogens (tertiary/aromatic N) is 1. The Kier molecular flexibility index (Phi) is 4.30. The first-order valence-electron chi connectivity index (χ1n) is 6.23. The number of rotatable bonds is 5. The van der Waals surface area contributed by atoms with E-state index in [1.807, 2.05) is 37.3 Å². The van der Waals surface area contributed by atoms with Crippen LogP contribution in [0.5, 0.6) is 0 Å². The van der Waals surface area contributed by atoms with Gasteiger partial charge in [-0.1, -0.05) is 30.3 Å². The number of amides is 1. The van der Waals surface area contributed by atoms with Gasteiger partial charge in [-0.2, -0.15) is 5.10 Å². The first kappa shape index (κ1) is 13.3. The Hall–Kier alpha value is -2.14. The number of hydrogen-bond donors (Lipinski definition) is 3. The Balaban J connectivity index is 1.84. The number of aryl methyl sites for hydroxylation is 1. The predicted molar refractivity (Wildman–Crippen MR) is 73.3 cm³/mol. The van der Waals surface area contributed by atoms with Crippen LogP contribution in [0.3, 0.4) is 0 Å².